The summed E-state index contributed by atoms with van der Waals surface area (Å²) in [5.41, 5.74) is 2.67. The van der Waals surface area contributed by atoms with Crippen LogP contribution in [-0.2, 0) is 5.75 Å². The van der Waals surface area contributed by atoms with Crippen molar-refractivity contribution in [2.45, 2.75) is 17.1 Å². The Morgan fingerprint density at radius 3 is 1.92 bits per heavy atom. The highest BCUT2D eigenvalue weighted by atomic mass is 32.2. The molecular formula is C22H20O2S. The van der Waals surface area contributed by atoms with Crippen molar-refractivity contribution in [1.29, 1.82) is 0 Å². The smallest absolute Gasteiger partial charge is 0.192 e. The van der Waals surface area contributed by atoms with Crippen molar-refractivity contribution in [3.63, 3.8) is 0 Å². The monoisotopic (exact) mass is 348 g/mol. The van der Waals surface area contributed by atoms with E-state index < -0.39 is 6.10 Å². The quantitative estimate of drug-likeness (QED) is 0.617. The van der Waals surface area contributed by atoms with E-state index in [0.29, 0.717) is 5.56 Å². The van der Waals surface area contributed by atoms with E-state index in [9.17, 15) is 9.90 Å². The summed E-state index contributed by atoms with van der Waals surface area (Å²) in [5.74, 6) is 0.495. The molecule has 126 valence electrons. The average molecular weight is 348 g/mol. The number of Topliss-reactive ketones (excluding diaryl/α,β-unsaturated/α-hetero) is 1. The van der Waals surface area contributed by atoms with Gasteiger partial charge in [0, 0.05) is 11.3 Å². The van der Waals surface area contributed by atoms with Crippen LogP contribution in [0.2, 0.25) is 0 Å². The fourth-order valence-electron chi connectivity index (χ4n) is 2.68. The van der Waals surface area contributed by atoms with E-state index in [1.807, 2.05) is 66.7 Å². The number of rotatable bonds is 7. The molecule has 0 amide bonds. The minimum Gasteiger partial charge on any atom is -0.383 e. The molecule has 3 aromatic carbocycles. The van der Waals surface area contributed by atoms with Crippen molar-refractivity contribution in [1.82, 2.24) is 0 Å². The van der Waals surface area contributed by atoms with Crippen LogP contribution in [0.3, 0.4) is 0 Å². The summed E-state index contributed by atoms with van der Waals surface area (Å²) in [6, 6.07) is 28.8. The summed E-state index contributed by atoms with van der Waals surface area (Å²) in [6.07, 6.45) is -1.08. The second kappa shape index (κ2) is 8.65. The maximum absolute atomic E-state index is 12.7. The molecule has 3 heteroatoms. The zero-order valence-electron chi connectivity index (χ0n) is 13.8. The Hall–Kier alpha value is -2.36. The van der Waals surface area contributed by atoms with Crippen LogP contribution in [0.5, 0.6) is 0 Å². The molecule has 2 atom stereocenters. The summed E-state index contributed by atoms with van der Waals surface area (Å²) in [7, 11) is 0. The Bertz CT molecular complexity index is 788. The van der Waals surface area contributed by atoms with Crippen LogP contribution in [0.15, 0.2) is 91.0 Å². The van der Waals surface area contributed by atoms with Gasteiger partial charge < -0.3 is 5.11 Å². The predicted molar refractivity (Wildman–Crippen MR) is 104 cm³/mol. The van der Waals surface area contributed by atoms with Gasteiger partial charge in [-0.3, -0.25) is 4.79 Å². The maximum atomic E-state index is 12.7. The Morgan fingerprint density at radius 2 is 1.32 bits per heavy atom. The Balaban J connectivity index is 1.82. The van der Waals surface area contributed by atoms with Crippen LogP contribution in [0.25, 0.3) is 0 Å². The number of aliphatic hydroxyl groups excluding tert-OH is 1. The van der Waals surface area contributed by atoms with Crippen LogP contribution >= 0.6 is 11.8 Å². The molecule has 0 bridgehead atoms. The van der Waals surface area contributed by atoms with Crippen molar-refractivity contribution in [2.75, 3.05) is 0 Å². The molecule has 0 aromatic heterocycles. The van der Waals surface area contributed by atoms with E-state index in [0.717, 1.165) is 11.3 Å². The average Bonchev–Trinajstić information content (AvgIpc) is 2.69. The van der Waals surface area contributed by atoms with Gasteiger partial charge in [-0.25, -0.2) is 0 Å². The molecular weight excluding hydrogens is 328 g/mol. The topological polar surface area (TPSA) is 37.3 Å². The zero-order valence-corrected chi connectivity index (χ0v) is 14.6. The van der Waals surface area contributed by atoms with Crippen LogP contribution in [-0.4, -0.2) is 17.0 Å². The number of ketones is 1. The van der Waals surface area contributed by atoms with Crippen molar-refractivity contribution < 1.29 is 9.90 Å². The second-order valence-corrected chi connectivity index (χ2v) is 6.93. The van der Waals surface area contributed by atoms with Gasteiger partial charge in [0.25, 0.3) is 0 Å². The molecule has 0 saturated carbocycles. The number of carbonyl (C=O) groups is 1. The summed E-state index contributed by atoms with van der Waals surface area (Å²) in [5, 5.41) is 10.5. The lowest BCUT2D eigenvalue weighted by molar-refractivity contribution is 0.0742. The van der Waals surface area contributed by atoms with E-state index in [2.05, 4.69) is 12.1 Å². The summed E-state index contributed by atoms with van der Waals surface area (Å²) < 4.78 is 0. The van der Waals surface area contributed by atoms with Gasteiger partial charge >= 0.3 is 0 Å². The molecule has 3 aromatic rings. The lowest BCUT2D eigenvalue weighted by Gasteiger charge is -2.22. The van der Waals surface area contributed by atoms with Gasteiger partial charge in [0.2, 0.25) is 0 Å². The molecule has 0 saturated heterocycles. The maximum Gasteiger partial charge on any atom is 0.192 e. The fourth-order valence-corrected chi connectivity index (χ4v) is 3.90. The van der Waals surface area contributed by atoms with E-state index in [4.69, 9.17) is 0 Å². The number of carbonyl (C=O) groups excluding carboxylic acids is 1. The minimum atomic E-state index is -1.08. The third-order valence-electron chi connectivity index (χ3n) is 4.01. The van der Waals surface area contributed by atoms with Crippen molar-refractivity contribution in [2.24, 2.45) is 0 Å². The van der Waals surface area contributed by atoms with E-state index in [1.165, 1.54) is 5.56 Å². The molecule has 3 rings (SSSR count). The van der Waals surface area contributed by atoms with Crippen molar-refractivity contribution in [3.05, 3.63) is 108 Å². The van der Waals surface area contributed by atoms with E-state index in [1.54, 1.807) is 23.9 Å². The SMILES string of the molecule is O=C(c1ccccc1)C(O)C(SCc1ccccc1)c1ccccc1. The first-order chi connectivity index (χ1) is 12.3. The Labute approximate surface area is 152 Å². The van der Waals surface area contributed by atoms with Crippen LogP contribution in [0.1, 0.15) is 26.7 Å². The molecule has 0 radical (unpaired) electrons. The number of hydrogen-bond donors (Lipinski definition) is 1. The van der Waals surface area contributed by atoms with Gasteiger partial charge in [-0.1, -0.05) is 91.0 Å². The van der Waals surface area contributed by atoms with Gasteiger partial charge in [0.15, 0.2) is 5.78 Å². The molecule has 2 nitrogen and oxygen atoms in total. The molecule has 0 aliphatic heterocycles. The Kier molecular flexibility index (Phi) is 6.04. The van der Waals surface area contributed by atoms with Crippen LogP contribution in [0, 0.1) is 0 Å². The highest BCUT2D eigenvalue weighted by Gasteiger charge is 2.28. The first-order valence-electron chi connectivity index (χ1n) is 8.23. The highest BCUT2D eigenvalue weighted by Crippen LogP contribution is 2.35. The minimum absolute atomic E-state index is 0.241. The molecule has 0 aliphatic rings. The zero-order chi connectivity index (χ0) is 17.5. The number of hydrogen-bond acceptors (Lipinski definition) is 3. The molecule has 0 spiro atoms. The molecule has 0 fully saturated rings. The van der Waals surface area contributed by atoms with Gasteiger partial charge in [-0.15, -0.1) is 11.8 Å². The van der Waals surface area contributed by atoms with Gasteiger partial charge in [0.1, 0.15) is 6.10 Å². The van der Waals surface area contributed by atoms with Gasteiger partial charge in [0.05, 0.1) is 5.25 Å². The van der Waals surface area contributed by atoms with E-state index in [-0.39, 0.29) is 11.0 Å². The van der Waals surface area contributed by atoms with E-state index >= 15 is 0 Å². The standard InChI is InChI=1S/C22H20O2S/c23-20(18-12-6-2-7-13-18)21(24)22(19-14-8-3-9-15-19)25-16-17-10-4-1-5-11-17/h1-15,21-22,24H,16H2. The first kappa shape index (κ1) is 17.5. The largest absolute Gasteiger partial charge is 0.383 e. The molecule has 1 N–H and O–H groups in total. The normalized spacial score (nSPS) is 13.2. The number of thioether (sulfide) groups is 1. The van der Waals surface area contributed by atoms with Crippen LogP contribution < -0.4 is 0 Å². The molecule has 25 heavy (non-hydrogen) atoms. The first-order valence-corrected chi connectivity index (χ1v) is 9.28. The molecule has 0 heterocycles. The predicted octanol–water partition coefficient (Wildman–Crippen LogP) is 4.90. The fraction of sp³-hybridized carbons (Fsp3) is 0.136. The second-order valence-electron chi connectivity index (χ2n) is 5.80. The number of aliphatic hydroxyl groups is 1. The summed E-state index contributed by atoms with van der Waals surface area (Å²) in [6.45, 7) is 0. The third kappa shape index (κ3) is 4.59. The lowest BCUT2D eigenvalue weighted by Crippen LogP contribution is -2.26. The highest BCUT2D eigenvalue weighted by molar-refractivity contribution is 7.98. The summed E-state index contributed by atoms with van der Waals surface area (Å²) >= 11 is 1.59. The third-order valence-corrected chi connectivity index (χ3v) is 5.40. The molecule has 0 aliphatic carbocycles. The van der Waals surface area contributed by atoms with Crippen molar-refractivity contribution in [3.8, 4) is 0 Å². The Morgan fingerprint density at radius 1 is 0.800 bits per heavy atom. The van der Waals surface area contributed by atoms with Gasteiger partial charge in [-0.2, -0.15) is 0 Å². The van der Waals surface area contributed by atoms with Crippen molar-refractivity contribution >= 4 is 17.5 Å². The summed E-state index contributed by atoms with van der Waals surface area (Å²) in [4.78, 5) is 12.7. The molecule has 2 unspecified atom stereocenters. The number of benzene rings is 3. The van der Waals surface area contributed by atoms with Gasteiger partial charge in [-0.05, 0) is 11.1 Å². The van der Waals surface area contributed by atoms with Crippen LogP contribution in [0.4, 0.5) is 0 Å². The lowest BCUT2D eigenvalue weighted by atomic mass is 9.99.